The molecular weight excluding hydrogens is 176 g/mol. The summed E-state index contributed by atoms with van der Waals surface area (Å²) in [5.41, 5.74) is 0.532. The Kier molecular flexibility index (Phi) is 3.43. The van der Waals surface area contributed by atoms with Crippen molar-refractivity contribution < 1.29 is 0 Å². The molecular formula is C10H23Si2+. The smallest absolute Gasteiger partial charge is 0.0996 e. The molecule has 12 heavy (non-hydrogen) atoms. The molecule has 70 valence electrons. The molecule has 0 nitrogen and oxygen atoms in total. The third-order valence-electron chi connectivity index (χ3n) is 2.43. The van der Waals surface area contributed by atoms with E-state index < -0.39 is 16.1 Å². The summed E-state index contributed by atoms with van der Waals surface area (Å²) in [4.78, 5) is 0. The molecule has 2 heteroatoms. The van der Waals surface area contributed by atoms with Gasteiger partial charge in [0.05, 0.1) is 20.5 Å². The molecule has 1 atom stereocenters. The lowest BCUT2D eigenvalue weighted by molar-refractivity contribution is 1.21. The van der Waals surface area contributed by atoms with Crippen LogP contribution < -0.4 is 0 Å². The quantitative estimate of drug-likeness (QED) is 0.477. The molecule has 0 spiro atoms. The van der Waals surface area contributed by atoms with E-state index in [1.807, 2.05) is 0 Å². The second kappa shape index (κ2) is 3.42. The Balaban J connectivity index is 4.53. The summed E-state index contributed by atoms with van der Waals surface area (Å²) in [6.45, 7) is 22.7. The standard InChI is InChI=1S/C10H23Si2/c1-9(11(3,4)5)10(2)12(6,7)8/h9H,1-2H2,3-8H3/q+1. The largest absolute Gasteiger partial charge is 0.107 e. The Morgan fingerprint density at radius 1 is 1.08 bits per heavy atom. The minimum atomic E-state index is -1.16. The maximum Gasteiger partial charge on any atom is 0.107 e. The highest BCUT2D eigenvalue weighted by molar-refractivity contribution is 6.88. The fourth-order valence-corrected chi connectivity index (χ4v) is 5.73. The van der Waals surface area contributed by atoms with E-state index in [1.54, 1.807) is 0 Å². The predicted octanol–water partition coefficient (Wildman–Crippen LogP) is 3.96. The highest BCUT2D eigenvalue weighted by atomic mass is 28.3. The van der Waals surface area contributed by atoms with E-state index in [-0.39, 0.29) is 0 Å². The third-order valence-corrected chi connectivity index (χ3v) is 7.43. The van der Waals surface area contributed by atoms with Crippen molar-refractivity contribution in [3.63, 3.8) is 0 Å². The first kappa shape index (κ1) is 12.0. The zero-order valence-electron chi connectivity index (χ0n) is 9.49. The van der Waals surface area contributed by atoms with Gasteiger partial charge in [-0.15, -0.1) is 0 Å². The van der Waals surface area contributed by atoms with Crippen LogP contribution in [0.2, 0.25) is 44.8 Å². The van der Waals surface area contributed by atoms with Crippen molar-refractivity contribution in [2.24, 2.45) is 0 Å². The Hall–Kier alpha value is 0.0438. The Morgan fingerprint density at radius 3 is 1.50 bits per heavy atom. The van der Waals surface area contributed by atoms with Crippen molar-refractivity contribution in [1.29, 1.82) is 0 Å². The van der Waals surface area contributed by atoms with Crippen LogP contribution >= 0.6 is 0 Å². The fourth-order valence-electron chi connectivity index (χ4n) is 1.05. The second-order valence-electron chi connectivity index (χ2n) is 5.69. The molecule has 0 aromatic rings. The second-order valence-corrected chi connectivity index (χ2v) is 16.3. The highest BCUT2D eigenvalue weighted by Crippen LogP contribution is 2.33. The van der Waals surface area contributed by atoms with Gasteiger partial charge in [0.1, 0.15) is 8.07 Å². The molecule has 0 radical (unpaired) electrons. The van der Waals surface area contributed by atoms with Crippen LogP contribution in [0.5, 0.6) is 0 Å². The minimum Gasteiger partial charge on any atom is -0.0996 e. The first-order chi connectivity index (χ1) is 5.07. The average molecular weight is 199 g/mol. The van der Waals surface area contributed by atoms with Crippen LogP contribution in [0.4, 0.5) is 0 Å². The zero-order chi connectivity index (χ0) is 10.2. The average Bonchev–Trinajstić information content (AvgIpc) is 1.80. The van der Waals surface area contributed by atoms with Gasteiger partial charge in [-0.05, 0) is 5.20 Å². The van der Waals surface area contributed by atoms with Gasteiger partial charge in [-0.25, -0.2) is 0 Å². The van der Waals surface area contributed by atoms with Gasteiger partial charge in [0.2, 0.25) is 0 Å². The van der Waals surface area contributed by atoms with Crippen molar-refractivity contribution in [2.75, 3.05) is 0 Å². The molecule has 0 fully saturated rings. The summed E-state index contributed by atoms with van der Waals surface area (Å²) in [6.07, 6.45) is 0. The van der Waals surface area contributed by atoms with E-state index in [4.69, 9.17) is 0 Å². The van der Waals surface area contributed by atoms with Crippen molar-refractivity contribution in [1.82, 2.24) is 0 Å². The van der Waals surface area contributed by atoms with Crippen molar-refractivity contribution in [2.45, 2.75) is 44.8 Å². The van der Waals surface area contributed by atoms with Crippen LogP contribution in [0, 0.1) is 6.92 Å². The van der Waals surface area contributed by atoms with E-state index in [0.29, 0.717) is 5.54 Å². The van der Waals surface area contributed by atoms with Gasteiger partial charge in [-0.2, -0.15) is 0 Å². The summed E-state index contributed by atoms with van der Waals surface area (Å²) in [7, 11) is -2.27. The first-order valence-electron chi connectivity index (χ1n) is 4.59. The zero-order valence-corrected chi connectivity index (χ0v) is 11.5. The normalized spacial score (nSPS) is 15.8. The van der Waals surface area contributed by atoms with Crippen molar-refractivity contribution in [3.8, 4) is 0 Å². The number of hydrogen-bond acceptors (Lipinski definition) is 0. The molecule has 1 unspecified atom stereocenters. The molecule has 0 aliphatic carbocycles. The van der Waals surface area contributed by atoms with Gasteiger partial charge in [0.25, 0.3) is 0 Å². The van der Waals surface area contributed by atoms with Gasteiger partial charge < -0.3 is 0 Å². The molecule has 0 amide bonds. The molecule has 0 rings (SSSR count). The van der Waals surface area contributed by atoms with Gasteiger partial charge >= 0.3 is 0 Å². The van der Waals surface area contributed by atoms with Gasteiger partial charge in [0, 0.05) is 0 Å². The summed E-state index contributed by atoms with van der Waals surface area (Å²) in [6, 6.07) is 0. The molecule has 0 bridgehead atoms. The summed E-state index contributed by atoms with van der Waals surface area (Å²) in [5, 5.41) is 1.45. The van der Waals surface area contributed by atoms with Crippen LogP contribution in [0.15, 0.2) is 11.8 Å². The monoisotopic (exact) mass is 199 g/mol. The van der Waals surface area contributed by atoms with E-state index in [9.17, 15) is 0 Å². The van der Waals surface area contributed by atoms with Crippen molar-refractivity contribution in [3.05, 3.63) is 18.7 Å². The summed E-state index contributed by atoms with van der Waals surface area (Å²) >= 11 is 0. The van der Waals surface area contributed by atoms with E-state index >= 15 is 0 Å². The van der Waals surface area contributed by atoms with Crippen LogP contribution in [0.3, 0.4) is 0 Å². The van der Waals surface area contributed by atoms with Gasteiger partial charge in [0.15, 0.2) is 0 Å². The molecule has 0 aliphatic heterocycles. The van der Waals surface area contributed by atoms with Gasteiger partial charge in [-0.1, -0.05) is 45.9 Å². The first-order valence-corrected chi connectivity index (χ1v) is 11.7. The maximum atomic E-state index is 4.27. The third kappa shape index (κ3) is 3.19. The Labute approximate surface area is 80.1 Å². The van der Waals surface area contributed by atoms with E-state index in [0.717, 1.165) is 0 Å². The Morgan fingerprint density at radius 2 is 1.42 bits per heavy atom. The number of allylic oxidation sites excluding steroid dienone is 1. The van der Waals surface area contributed by atoms with Crippen LogP contribution in [-0.2, 0) is 0 Å². The molecule has 0 aromatic carbocycles. The van der Waals surface area contributed by atoms with Gasteiger partial charge in [-0.3, -0.25) is 0 Å². The predicted molar refractivity (Wildman–Crippen MR) is 64.9 cm³/mol. The fraction of sp³-hybridized carbons (Fsp3) is 0.700. The topological polar surface area (TPSA) is 0 Å². The maximum absolute atomic E-state index is 4.27. The SMILES string of the molecule is C=C(C([CH2+])[Si](C)(C)C)[Si](C)(C)C. The lowest BCUT2D eigenvalue weighted by Gasteiger charge is -2.28. The molecule has 0 saturated carbocycles. The molecule has 0 N–H and O–H groups in total. The lowest BCUT2D eigenvalue weighted by Crippen LogP contribution is -2.36. The molecule has 0 aromatic heterocycles. The molecule has 0 aliphatic rings. The molecule has 0 saturated heterocycles. The Bertz CT molecular complexity index is 169. The minimum absolute atomic E-state index is 0.532. The number of rotatable bonds is 3. The summed E-state index contributed by atoms with van der Waals surface area (Å²) in [5.74, 6) is 0. The van der Waals surface area contributed by atoms with Crippen LogP contribution in [0.1, 0.15) is 0 Å². The van der Waals surface area contributed by atoms with E-state index in [1.165, 1.54) is 5.20 Å². The molecule has 0 heterocycles. The number of hydrogen-bond donors (Lipinski definition) is 0. The summed E-state index contributed by atoms with van der Waals surface area (Å²) < 4.78 is 0. The lowest BCUT2D eigenvalue weighted by atomic mass is 10.5. The highest BCUT2D eigenvalue weighted by Gasteiger charge is 2.36. The van der Waals surface area contributed by atoms with Crippen molar-refractivity contribution >= 4 is 16.1 Å². The van der Waals surface area contributed by atoms with Crippen LogP contribution in [0.25, 0.3) is 0 Å². The van der Waals surface area contributed by atoms with Crippen LogP contribution in [-0.4, -0.2) is 16.1 Å². The van der Waals surface area contributed by atoms with E-state index in [2.05, 4.69) is 52.8 Å².